The standard InChI is InChI=1S/C10H13F3N2O/c1-6(14)8-3-4-15-9(5-8)16-7(2)10(11,12)13/h3-7H,14H2,1-2H3/t6-,7?/m1/s1. The molecular weight excluding hydrogens is 221 g/mol. The largest absolute Gasteiger partial charge is 0.465 e. The van der Waals surface area contributed by atoms with E-state index < -0.39 is 12.3 Å². The number of ether oxygens (including phenoxy) is 1. The minimum absolute atomic E-state index is 0.0698. The molecule has 1 rings (SSSR count). The van der Waals surface area contributed by atoms with E-state index in [4.69, 9.17) is 5.73 Å². The van der Waals surface area contributed by atoms with Gasteiger partial charge in [0.05, 0.1) is 0 Å². The van der Waals surface area contributed by atoms with Gasteiger partial charge in [-0.15, -0.1) is 0 Å². The molecule has 0 aliphatic heterocycles. The second-order valence-corrected chi connectivity index (χ2v) is 3.52. The number of rotatable bonds is 3. The fourth-order valence-corrected chi connectivity index (χ4v) is 1.02. The Balaban J connectivity index is 2.78. The van der Waals surface area contributed by atoms with Crippen molar-refractivity contribution in [2.24, 2.45) is 5.73 Å². The molecule has 0 amide bonds. The van der Waals surface area contributed by atoms with Gasteiger partial charge in [-0.05, 0) is 25.5 Å². The smallest absolute Gasteiger partial charge is 0.425 e. The van der Waals surface area contributed by atoms with Gasteiger partial charge in [0.2, 0.25) is 5.88 Å². The molecule has 0 aromatic carbocycles. The molecule has 6 heteroatoms. The van der Waals surface area contributed by atoms with Gasteiger partial charge in [0.15, 0.2) is 6.10 Å². The van der Waals surface area contributed by atoms with E-state index in [2.05, 4.69) is 9.72 Å². The summed E-state index contributed by atoms with van der Waals surface area (Å²) in [7, 11) is 0. The van der Waals surface area contributed by atoms with Crippen LogP contribution in [0.15, 0.2) is 18.3 Å². The summed E-state index contributed by atoms with van der Waals surface area (Å²) >= 11 is 0. The second-order valence-electron chi connectivity index (χ2n) is 3.52. The lowest BCUT2D eigenvalue weighted by molar-refractivity contribution is -0.190. The Morgan fingerprint density at radius 2 is 2.00 bits per heavy atom. The molecule has 0 aliphatic rings. The molecule has 1 aromatic rings. The molecule has 0 saturated heterocycles. The second kappa shape index (κ2) is 4.69. The molecule has 1 aromatic heterocycles. The van der Waals surface area contributed by atoms with E-state index in [-0.39, 0.29) is 11.9 Å². The highest BCUT2D eigenvalue weighted by Gasteiger charge is 2.38. The Morgan fingerprint density at radius 1 is 1.38 bits per heavy atom. The first kappa shape index (κ1) is 12.8. The van der Waals surface area contributed by atoms with Crippen LogP contribution in [0.1, 0.15) is 25.5 Å². The summed E-state index contributed by atoms with van der Waals surface area (Å²) in [6, 6.07) is 2.77. The number of nitrogens with zero attached hydrogens (tertiary/aromatic N) is 1. The number of hydrogen-bond acceptors (Lipinski definition) is 3. The molecule has 0 radical (unpaired) electrons. The molecule has 0 aliphatic carbocycles. The van der Waals surface area contributed by atoms with Crippen molar-refractivity contribution in [1.29, 1.82) is 0 Å². The third kappa shape index (κ3) is 3.37. The first-order valence-corrected chi connectivity index (χ1v) is 4.75. The maximum absolute atomic E-state index is 12.2. The Kier molecular flexibility index (Phi) is 3.74. The molecule has 0 fully saturated rings. The van der Waals surface area contributed by atoms with Crippen molar-refractivity contribution in [3.8, 4) is 5.88 Å². The van der Waals surface area contributed by atoms with Crippen LogP contribution in [0.25, 0.3) is 0 Å². The highest BCUT2D eigenvalue weighted by Crippen LogP contribution is 2.24. The van der Waals surface area contributed by atoms with E-state index in [1.54, 1.807) is 13.0 Å². The average molecular weight is 234 g/mol. The van der Waals surface area contributed by atoms with E-state index in [1.165, 1.54) is 12.3 Å². The molecular formula is C10H13F3N2O. The molecule has 1 unspecified atom stereocenters. The fraction of sp³-hybridized carbons (Fsp3) is 0.500. The van der Waals surface area contributed by atoms with E-state index in [1.807, 2.05) is 0 Å². The lowest BCUT2D eigenvalue weighted by atomic mass is 10.1. The predicted octanol–water partition coefficient (Wildman–Crippen LogP) is 2.43. The number of pyridine rings is 1. The SMILES string of the molecule is CC(Oc1cc([C@@H](C)N)ccn1)C(F)(F)F. The Hall–Kier alpha value is -1.30. The molecule has 2 N–H and O–H groups in total. The fourth-order valence-electron chi connectivity index (χ4n) is 1.02. The van der Waals surface area contributed by atoms with Gasteiger partial charge in [-0.1, -0.05) is 0 Å². The summed E-state index contributed by atoms with van der Waals surface area (Å²) in [5, 5.41) is 0. The van der Waals surface area contributed by atoms with Gasteiger partial charge in [0, 0.05) is 18.3 Å². The molecule has 90 valence electrons. The maximum Gasteiger partial charge on any atom is 0.425 e. The van der Waals surface area contributed by atoms with Crippen LogP contribution in [0.4, 0.5) is 13.2 Å². The molecule has 0 spiro atoms. The van der Waals surface area contributed by atoms with Crippen molar-refractivity contribution in [2.45, 2.75) is 32.2 Å². The molecule has 2 atom stereocenters. The lowest BCUT2D eigenvalue weighted by Crippen LogP contribution is -2.31. The monoisotopic (exact) mass is 234 g/mol. The third-order valence-corrected chi connectivity index (χ3v) is 2.04. The van der Waals surface area contributed by atoms with Gasteiger partial charge in [0.25, 0.3) is 0 Å². The highest BCUT2D eigenvalue weighted by atomic mass is 19.4. The maximum atomic E-state index is 12.2. The van der Waals surface area contributed by atoms with E-state index in [9.17, 15) is 13.2 Å². The minimum atomic E-state index is -4.40. The van der Waals surface area contributed by atoms with Gasteiger partial charge >= 0.3 is 6.18 Å². The third-order valence-electron chi connectivity index (χ3n) is 2.04. The number of aromatic nitrogens is 1. The highest BCUT2D eigenvalue weighted by molar-refractivity contribution is 5.23. The van der Waals surface area contributed by atoms with E-state index >= 15 is 0 Å². The van der Waals surface area contributed by atoms with Crippen LogP contribution in [-0.4, -0.2) is 17.3 Å². The number of nitrogens with two attached hydrogens (primary N) is 1. The van der Waals surface area contributed by atoms with Gasteiger partial charge in [0.1, 0.15) is 0 Å². The van der Waals surface area contributed by atoms with Crippen molar-refractivity contribution in [3.05, 3.63) is 23.9 Å². The number of alkyl halides is 3. The topological polar surface area (TPSA) is 48.1 Å². The first-order valence-electron chi connectivity index (χ1n) is 4.75. The molecule has 1 heterocycles. The van der Waals surface area contributed by atoms with Crippen molar-refractivity contribution >= 4 is 0 Å². The Bertz CT molecular complexity index is 352. The minimum Gasteiger partial charge on any atom is -0.465 e. The van der Waals surface area contributed by atoms with Crippen molar-refractivity contribution < 1.29 is 17.9 Å². The summed E-state index contributed by atoms with van der Waals surface area (Å²) in [6.07, 6.45) is -4.91. The van der Waals surface area contributed by atoms with Crippen LogP contribution < -0.4 is 10.5 Å². The van der Waals surface area contributed by atoms with Gasteiger partial charge in [-0.2, -0.15) is 13.2 Å². The van der Waals surface area contributed by atoms with Crippen molar-refractivity contribution in [2.75, 3.05) is 0 Å². The van der Waals surface area contributed by atoms with Gasteiger partial charge < -0.3 is 10.5 Å². The Morgan fingerprint density at radius 3 is 2.50 bits per heavy atom. The van der Waals surface area contributed by atoms with Crippen LogP contribution in [0, 0.1) is 0 Å². The van der Waals surface area contributed by atoms with E-state index in [0.29, 0.717) is 5.56 Å². The average Bonchev–Trinajstić information content (AvgIpc) is 2.16. The zero-order valence-corrected chi connectivity index (χ0v) is 8.95. The predicted molar refractivity (Wildman–Crippen MR) is 53.0 cm³/mol. The molecule has 0 saturated carbocycles. The van der Waals surface area contributed by atoms with E-state index in [0.717, 1.165) is 6.92 Å². The quantitative estimate of drug-likeness (QED) is 0.873. The lowest BCUT2D eigenvalue weighted by Gasteiger charge is -2.17. The number of hydrogen-bond donors (Lipinski definition) is 1. The van der Waals surface area contributed by atoms with Crippen molar-refractivity contribution in [1.82, 2.24) is 4.98 Å². The zero-order chi connectivity index (χ0) is 12.3. The normalized spacial score (nSPS) is 15.6. The molecule has 16 heavy (non-hydrogen) atoms. The van der Waals surface area contributed by atoms with Crippen LogP contribution in [0.5, 0.6) is 5.88 Å². The van der Waals surface area contributed by atoms with Crippen LogP contribution in [0.3, 0.4) is 0 Å². The zero-order valence-electron chi connectivity index (χ0n) is 8.95. The summed E-state index contributed by atoms with van der Waals surface area (Å²) < 4.78 is 41.3. The van der Waals surface area contributed by atoms with Crippen LogP contribution >= 0.6 is 0 Å². The first-order chi connectivity index (χ1) is 7.30. The molecule has 3 nitrogen and oxygen atoms in total. The summed E-state index contributed by atoms with van der Waals surface area (Å²) in [4.78, 5) is 3.70. The summed E-state index contributed by atoms with van der Waals surface area (Å²) in [5.41, 5.74) is 6.27. The van der Waals surface area contributed by atoms with Crippen LogP contribution in [-0.2, 0) is 0 Å². The Labute approximate surface area is 91.4 Å². The number of halogens is 3. The van der Waals surface area contributed by atoms with Gasteiger partial charge in [-0.3, -0.25) is 0 Å². The van der Waals surface area contributed by atoms with Crippen LogP contribution in [0.2, 0.25) is 0 Å². The summed E-state index contributed by atoms with van der Waals surface area (Å²) in [5.74, 6) is -0.0698. The van der Waals surface area contributed by atoms with Gasteiger partial charge in [-0.25, -0.2) is 4.98 Å². The van der Waals surface area contributed by atoms with Crippen molar-refractivity contribution in [3.63, 3.8) is 0 Å². The molecule has 0 bridgehead atoms. The summed E-state index contributed by atoms with van der Waals surface area (Å²) in [6.45, 7) is 2.66.